The molecule has 1 aromatic carbocycles. The number of hydrogen-bond donors (Lipinski definition) is 1. The fourth-order valence-corrected chi connectivity index (χ4v) is 4.97. The van der Waals surface area contributed by atoms with Gasteiger partial charge in [0.05, 0.1) is 6.04 Å². The van der Waals surface area contributed by atoms with E-state index in [1.54, 1.807) is 0 Å². The van der Waals surface area contributed by atoms with Gasteiger partial charge in [0, 0.05) is 25.7 Å². The molecule has 1 aromatic rings. The number of fused-ring (bicyclic) bond motifs is 1. The van der Waals surface area contributed by atoms with Gasteiger partial charge in [-0.1, -0.05) is 44.2 Å². The van der Waals surface area contributed by atoms with Crippen LogP contribution in [-0.2, 0) is 11.3 Å². The van der Waals surface area contributed by atoms with E-state index in [2.05, 4.69) is 61.0 Å². The smallest absolute Gasteiger partial charge is 0.234 e. The fraction of sp³-hybridized carbons (Fsp3) is 0.667. The Morgan fingerprint density at radius 1 is 1.24 bits per heavy atom. The van der Waals surface area contributed by atoms with Crippen molar-refractivity contribution in [2.24, 2.45) is 23.5 Å². The molecule has 0 radical (unpaired) electrons. The van der Waals surface area contributed by atoms with Gasteiger partial charge in [-0.15, -0.1) is 0 Å². The van der Waals surface area contributed by atoms with Gasteiger partial charge < -0.3 is 5.73 Å². The normalized spacial score (nSPS) is 27.8. The van der Waals surface area contributed by atoms with Crippen LogP contribution in [0.2, 0.25) is 0 Å². The molecule has 138 valence electrons. The molecule has 2 aliphatic rings. The summed E-state index contributed by atoms with van der Waals surface area (Å²) < 4.78 is 0. The largest absolute Gasteiger partial charge is 0.368 e. The van der Waals surface area contributed by atoms with E-state index in [0.29, 0.717) is 17.9 Å². The van der Waals surface area contributed by atoms with Crippen LogP contribution in [0.25, 0.3) is 0 Å². The lowest BCUT2D eigenvalue weighted by atomic mass is 9.94. The van der Waals surface area contributed by atoms with Gasteiger partial charge >= 0.3 is 0 Å². The van der Waals surface area contributed by atoms with Crippen molar-refractivity contribution in [3.63, 3.8) is 0 Å². The molecule has 0 unspecified atom stereocenters. The lowest BCUT2D eigenvalue weighted by Crippen LogP contribution is -2.50. The number of likely N-dealkylation sites (N-methyl/N-ethyl adjacent to an activating group) is 1. The third-order valence-corrected chi connectivity index (χ3v) is 6.18. The van der Waals surface area contributed by atoms with Crippen molar-refractivity contribution >= 4 is 5.91 Å². The molecule has 0 bridgehead atoms. The van der Waals surface area contributed by atoms with E-state index in [-0.39, 0.29) is 11.9 Å². The number of hydrogen-bond acceptors (Lipinski definition) is 3. The molecular formula is C21H33N3O. The van der Waals surface area contributed by atoms with Crippen LogP contribution in [0, 0.1) is 17.8 Å². The summed E-state index contributed by atoms with van der Waals surface area (Å²) in [6.45, 7) is 7.70. The first kappa shape index (κ1) is 18.4. The van der Waals surface area contributed by atoms with Crippen molar-refractivity contribution in [3.8, 4) is 0 Å². The highest BCUT2D eigenvalue weighted by Gasteiger charge is 2.45. The summed E-state index contributed by atoms with van der Waals surface area (Å²) in [5.41, 5.74) is 7.12. The Bertz CT molecular complexity index is 574. The van der Waals surface area contributed by atoms with Crippen LogP contribution >= 0.6 is 0 Å². The van der Waals surface area contributed by atoms with Crippen LogP contribution < -0.4 is 5.73 Å². The van der Waals surface area contributed by atoms with Crippen molar-refractivity contribution in [2.75, 3.05) is 20.1 Å². The molecule has 2 fully saturated rings. The van der Waals surface area contributed by atoms with Gasteiger partial charge in [-0.05, 0) is 49.6 Å². The van der Waals surface area contributed by atoms with Gasteiger partial charge in [-0.2, -0.15) is 0 Å². The van der Waals surface area contributed by atoms with Crippen molar-refractivity contribution in [2.45, 2.75) is 51.7 Å². The molecule has 4 nitrogen and oxygen atoms in total. The van der Waals surface area contributed by atoms with Crippen molar-refractivity contribution in [1.29, 1.82) is 0 Å². The van der Waals surface area contributed by atoms with Crippen LogP contribution in [0.3, 0.4) is 0 Å². The molecule has 25 heavy (non-hydrogen) atoms. The number of primary amides is 1. The Balaban J connectivity index is 1.64. The molecule has 1 saturated heterocycles. The van der Waals surface area contributed by atoms with Gasteiger partial charge in [0.15, 0.2) is 0 Å². The molecule has 1 saturated carbocycles. The molecule has 0 spiro atoms. The zero-order chi connectivity index (χ0) is 18.0. The number of likely N-dealkylation sites (tertiary alicyclic amines) is 1. The molecule has 1 aliphatic carbocycles. The maximum Gasteiger partial charge on any atom is 0.234 e. The average Bonchev–Trinajstić information content (AvgIpc) is 3.12. The maximum atomic E-state index is 12.0. The van der Waals surface area contributed by atoms with Crippen LogP contribution in [0.15, 0.2) is 30.3 Å². The van der Waals surface area contributed by atoms with Crippen LogP contribution in [0.4, 0.5) is 0 Å². The van der Waals surface area contributed by atoms with Crippen molar-refractivity contribution in [1.82, 2.24) is 9.80 Å². The van der Waals surface area contributed by atoms with E-state index in [0.717, 1.165) is 25.4 Å². The van der Waals surface area contributed by atoms with E-state index < -0.39 is 0 Å². The van der Waals surface area contributed by atoms with E-state index >= 15 is 0 Å². The zero-order valence-electron chi connectivity index (χ0n) is 15.9. The highest BCUT2D eigenvalue weighted by molar-refractivity contribution is 5.79. The number of rotatable bonds is 7. The predicted octanol–water partition coefficient (Wildman–Crippen LogP) is 2.73. The van der Waals surface area contributed by atoms with E-state index in [1.807, 2.05) is 0 Å². The molecule has 2 N–H and O–H groups in total. The number of benzene rings is 1. The predicted molar refractivity (Wildman–Crippen MR) is 102 cm³/mol. The van der Waals surface area contributed by atoms with Gasteiger partial charge in [0.2, 0.25) is 5.91 Å². The lowest BCUT2D eigenvalue weighted by molar-refractivity contribution is -0.124. The monoisotopic (exact) mass is 343 g/mol. The summed E-state index contributed by atoms with van der Waals surface area (Å²) in [6, 6.07) is 11.1. The molecule has 1 aliphatic heterocycles. The van der Waals surface area contributed by atoms with Gasteiger partial charge in [-0.25, -0.2) is 0 Å². The Morgan fingerprint density at radius 3 is 2.60 bits per heavy atom. The average molecular weight is 344 g/mol. The van der Waals surface area contributed by atoms with Crippen molar-refractivity contribution < 1.29 is 4.79 Å². The number of carbonyl (C=O) groups excluding carboxylic acids is 1. The number of nitrogens with zero attached hydrogens (tertiary/aromatic N) is 2. The zero-order valence-corrected chi connectivity index (χ0v) is 15.9. The topological polar surface area (TPSA) is 49.6 Å². The second-order valence-electron chi connectivity index (χ2n) is 8.46. The first-order valence-electron chi connectivity index (χ1n) is 9.73. The summed E-state index contributed by atoms with van der Waals surface area (Å²) in [4.78, 5) is 16.9. The Labute approximate surface area is 152 Å². The lowest BCUT2D eigenvalue weighted by Gasteiger charge is -2.35. The Hall–Kier alpha value is -1.39. The molecule has 4 atom stereocenters. The number of carbonyl (C=O) groups is 1. The Morgan fingerprint density at radius 2 is 1.96 bits per heavy atom. The van der Waals surface area contributed by atoms with Gasteiger partial charge in [0.25, 0.3) is 0 Å². The number of amides is 1. The minimum atomic E-state index is -0.168. The summed E-state index contributed by atoms with van der Waals surface area (Å²) in [5, 5.41) is 0. The quantitative estimate of drug-likeness (QED) is 0.828. The summed E-state index contributed by atoms with van der Waals surface area (Å²) in [6.07, 6.45) is 3.33. The van der Waals surface area contributed by atoms with E-state index in [9.17, 15) is 4.79 Å². The standard InChI is InChI=1S/C21H33N3O/c1-15(2)11-20(21(22)25)23(3)19-10-9-17-13-24(14-18(17)19)12-16-7-5-4-6-8-16/h4-8,15,17-20H,9-14H2,1-3H3,(H2,22,25)/t17-,18+,19-,20+/m1/s1. The summed E-state index contributed by atoms with van der Waals surface area (Å²) >= 11 is 0. The maximum absolute atomic E-state index is 12.0. The third-order valence-electron chi connectivity index (χ3n) is 6.18. The first-order valence-corrected chi connectivity index (χ1v) is 9.73. The minimum absolute atomic E-state index is 0.132. The van der Waals surface area contributed by atoms with Gasteiger partial charge in [0.1, 0.15) is 0 Å². The van der Waals surface area contributed by atoms with Crippen LogP contribution in [0.5, 0.6) is 0 Å². The molecular weight excluding hydrogens is 310 g/mol. The summed E-state index contributed by atoms with van der Waals surface area (Å²) in [5.74, 6) is 1.75. The minimum Gasteiger partial charge on any atom is -0.368 e. The summed E-state index contributed by atoms with van der Waals surface area (Å²) in [7, 11) is 2.12. The first-order chi connectivity index (χ1) is 12.0. The third kappa shape index (κ3) is 4.24. The molecule has 3 rings (SSSR count). The Kier molecular flexibility index (Phi) is 5.80. The van der Waals surface area contributed by atoms with Gasteiger partial charge in [-0.3, -0.25) is 14.6 Å². The fourth-order valence-electron chi connectivity index (χ4n) is 4.97. The van der Waals surface area contributed by atoms with Crippen LogP contribution in [-0.4, -0.2) is 47.9 Å². The van der Waals surface area contributed by atoms with E-state index in [4.69, 9.17) is 5.73 Å². The van der Waals surface area contributed by atoms with E-state index in [1.165, 1.54) is 24.9 Å². The highest BCUT2D eigenvalue weighted by Crippen LogP contribution is 2.41. The molecule has 0 aromatic heterocycles. The highest BCUT2D eigenvalue weighted by atomic mass is 16.1. The molecule has 1 amide bonds. The molecule has 1 heterocycles. The van der Waals surface area contributed by atoms with Crippen molar-refractivity contribution in [3.05, 3.63) is 35.9 Å². The second-order valence-corrected chi connectivity index (χ2v) is 8.46. The second kappa shape index (κ2) is 7.88. The molecule has 4 heteroatoms. The SMILES string of the molecule is CC(C)C[C@@H](C(N)=O)N(C)[C@@H]1CC[C@@H]2CN(Cc3ccccc3)C[C@@H]21. The number of nitrogens with two attached hydrogens (primary N) is 1. The van der Waals surface area contributed by atoms with Crippen LogP contribution in [0.1, 0.15) is 38.7 Å².